The molecule has 1 aromatic carbocycles. The Morgan fingerprint density at radius 2 is 2.00 bits per heavy atom. The molecule has 1 N–H and O–H groups in total. The number of carboxylic acid groups (broad SMARTS) is 1. The minimum atomic E-state index is -3.92. The summed E-state index contributed by atoms with van der Waals surface area (Å²) in [6.07, 6.45) is 1.27. The molecule has 0 radical (unpaired) electrons. The summed E-state index contributed by atoms with van der Waals surface area (Å²) in [5.74, 6) is -1.70. The number of benzene rings is 1. The van der Waals surface area contributed by atoms with E-state index in [1.807, 2.05) is 0 Å². The first-order chi connectivity index (χ1) is 10.8. The Morgan fingerprint density at radius 1 is 1.35 bits per heavy atom. The van der Waals surface area contributed by atoms with Crippen molar-refractivity contribution in [3.8, 4) is 0 Å². The zero-order valence-corrected chi connectivity index (χ0v) is 13.5. The molecule has 0 unspecified atom stereocenters. The van der Waals surface area contributed by atoms with Gasteiger partial charge in [0.2, 0.25) is 10.0 Å². The Bertz CT molecular complexity index is 830. The van der Waals surface area contributed by atoms with Gasteiger partial charge < -0.3 is 9.67 Å². The summed E-state index contributed by atoms with van der Waals surface area (Å²) in [7, 11) is -2.59. The van der Waals surface area contributed by atoms with Gasteiger partial charge >= 0.3 is 5.97 Å². The maximum Gasteiger partial charge on any atom is 0.352 e. The first-order valence-corrected chi connectivity index (χ1v) is 8.34. The lowest BCUT2D eigenvalue weighted by molar-refractivity contribution is 0.0685. The van der Waals surface area contributed by atoms with Gasteiger partial charge in [-0.2, -0.15) is 4.31 Å². The van der Waals surface area contributed by atoms with Gasteiger partial charge in [0.25, 0.3) is 0 Å². The standard InChI is InChI=1S/C15H17FN2O4S/c1-3-18-10-12(8-14(18)15(19)20)23(21,22)17(2)9-11-6-4-5-7-13(11)16/h4-8,10H,3,9H2,1-2H3,(H,19,20). The van der Waals surface area contributed by atoms with Crippen LogP contribution in [0.1, 0.15) is 23.0 Å². The van der Waals surface area contributed by atoms with E-state index < -0.39 is 21.8 Å². The third-order valence-corrected chi connectivity index (χ3v) is 5.26. The highest BCUT2D eigenvalue weighted by molar-refractivity contribution is 7.89. The molecule has 0 amide bonds. The van der Waals surface area contributed by atoms with Crippen LogP contribution in [0.4, 0.5) is 4.39 Å². The maximum atomic E-state index is 13.7. The summed E-state index contributed by atoms with van der Waals surface area (Å²) < 4.78 is 41.1. The monoisotopic (exact) mass is 340 g/mol. The van der Waals surface area contributed by atoms with Crippen LogP contribution in [0.3, 0.4) is 0 Å². The van der Waals surface area contributed by atoms with Gasteiger partial charge in [0.15, 0.2) is 0 Å². The first kappa shape index (κ1) is 17.2. The van der Waals surface area contributed by atoms with Crippen LogP contribution < -0.4 is 0 Å². The van der Waals surface area contributed by atoms with E-state index in [4.69, 9.17) is 5.11 Å². The first-order valence-electron chi connectivity index (χ1n) is 6.90. The zero-order chi connectivity index (χ0) is 17.2. The Morgan fingerprint density at radius 3 is 2.52 bits per heavy atom. The van der Waals surface area contributed by atoms with Crippen LogP contribution in [0.5, 0.6) is 0 Å². The number of hydrogen-bond donors (Lipinski definition) is 1. The number of aromatic carboxylic acids is 1. The summed E-state index contributed by atoms with van der Waals surface area (Å²) in [5, 5.41) is 9.11. The molecule has 0 bridgehead atoms. The normalized spacial score (nSPS) is 11.8. The zero-order valence-electron chi connectivity index (χ0n) is 12.7. The van der Waals surface area contributed by atoms with Crippen molar-refractivity contribution in [3.63, 3.8) is 0 Å². The molecule has 0 atom stereocenters. The maximum absolute atomic E-state index is 13.7. The fourth-order valence-electron chi connectivity index (χ4n) is 2.20. The van der Waals surface area contributed by atoms with Crippen LogP contribution in [0, 0.1) is 5.82 Å². The van der Waals surface area contributed by atoms with E-state index in [0.717, 1.165) is 10.4 Å². The molecule has 2 rings (SSSR count). The van der Waals surface area contributed by atoms with E-state index in [1.165, 1.54) is 36.0 Å². The molecule has 0 saturated heterocycles. The minimum Gasteiger partial charge on any atom is -0.477 e. The highest BCUT2D eigenvalue weighted by Crippen LogP contribution is 2.21. The molecule has 124 valence electrons. The average molecular weight is 340 g/mol. The molecule has 0 aliphatic rings. The fourth-order valence-corrected chi connectivity index (χ4v) is 3.39. The summed E-state index contributed by atoms with van der Waals surface area (Å²) >= 11 is 0. The number of aryl methyl sites for hydroxylation is 1. The van der Waals surface area contributed by atoms with Crippen molar-refractivity contribution >= 4 is 16.0 Å². The van der Waals surface area contributed by atoms with E-state index in [1.54, 1.807) is 13.0 Å². The van der Waals surface area contributed by atoms with E-state index >= 15 is 0 Å². The molecular weight excluding hydrogens is 323 g/mol. The molecule has 23 heavy (non-hydrogen) atoms. The van der Waals surface area contributed by atoms with Crippen molar-refractivity contribution in [1.29, 1.82) is 0 Å². The highest BCUT2D eigenvalue weighted by atomic mass is 32.2. The van der Waals surface area contributed by atoms with Crippen LogP contribution >= 0.6 is 0 Å². The van der Waals surface area contributed by atoms with E-state index in [9.17, 15) is 17.6 Å². The molecule has 0 saturated carbocycles. The van der Waals surface area contributed by atoms with Crippen molar-refractivity contribution in [2.45, 2.75) is 24.9 Å². The van der Waals surface area contributed by atoms with Crippen molar-refractivity contribution in [1.82, 2.24) is 8.87 Å². The van der Waals surface area contributed by atoms with Gasteiger partial charge in [-0.15, -0.1) is 0 Å². The number of sulfonamides is 1. The lowest BCUT2D eigenvalue weighted by atomic mass is 10.2. The second kappa shape index (κ2) is 6.51. The lowest BCUT2D eigenvalue weighted by Crippen LogP contribution is -2.26. The number of nitrogens with zero attached hydrogens (tertiary/aromatic N) is 2. The molecule has 1 heterocycles. The van der Waals surface area contributed by atoms with Crippen LogP contribution in [0.15, 0.2) is 41.4 Å². The van der Waals surface area contributed by atoms with Crippen LogP contribution in [-0.2, 0) is 23.1 Å². The molecule has 8 heteroatoms. The quantitative estimate of drug-likeness (QED) is 0.874. The topological polar surface area (TPSA) is 79.6 Å². The predicted molar refractivity (Wildman–Crippen MR) is 82.1 cm³/mol. The Labute approximate surface area is 133 Å². The summed E-state index contributed by atoms with van der Waals surface area (Å²) in [4.78, 5) is 11.0. The van der Waals surface area contributed by atoms with Crippen molar-refractivity contribution in [2.75, 3.05) is 7.05 Å². The van der Waals surface area contributed by atoms with Gasteiger partial charge in [-0.1, -0.05) is 18.2 Å². The van der Waals surface area contributed by atoms with Gasteiger partial charge in [0.05, 0.1) is 0 Å². The van der Waals surface area contributed by atoms with Crippen molar-refractivity contribution in [2.24, 2.45) is 0 Å². The van der Waals surface area contributed by atoms with Gasteiger partial charge in [0.1, 0.15) is 16.4 Å². The third-order valence-electron chi connectivity index (χ3n) is 3.49. The predicted octanol–water partition coefficient (Wildman–Crippen LogP) is 2.17. The van der Waals surface area contributed by atoms with Crippen molar-refractivity contribution < 1.29 is 22.7 Å². The molecule has 0 aliphatic heterocycles. The number of halogens is 1. The van der Waals surface area contributed by atoms with Crippen molar-refractivity contribution in [3.05, 3.63) is 53.6 Å². The average Bonchev–Trinajstić information content (AvgIpc) is 2.94. The lowest BCUT2D eigenvalue weighted by Gasteiger charge is -2.16. The van der Waals surface area contributed by atoms with Crippen LogP contribution in [-0.4, -0.2) is 35.4 Å². The molecular formula is C15H17FN2O4S. The Hall–Kier alpha value is -2.19. The number of carboxylic acids is 1. The SMILES string of the molecule is CCn1cc(S(=O)(=O)N(C)Cc2ccccc2F)cc1C(=O)O. The number of rotatable bonds is 6. The van der Waals surface area contributed by atoms with Crippen LogP contribution in [0.2, 0.25) is 0 Å². The molecule has 2 aromatic rings. The molecule has 0 spiro atoms. The number of carbonyl (C=O) groups is 1. The Kier molecular flexibility index (Phi) is 4.86. The minimum absolute atomic E-state index is 0.106. The van der Waals surface area contributed by atoms with Gasteiger partial charge in [-0.25, -0.2) is 17.6 Å². The third kappa shape index (κ3) is 3.43. The molecule has 0 aliphatic carbocycles. The second-order valence-electron chi connectivity index (χ2n) is 5.00. The van der Waals surface area contributed by atoms with E-state index in [0.29, 0.717) is 6.54 Å². The number of hydrogen-bond acceptors (Lipinski definition) is 3. The summed E-state index contributed by atoms with van der Waals surface area (Å²) in [5.41, 5.74) is 0.136. The van der Waals surface area contributed by atoms with E-state index in [-0.39, 0.29) is 22.7 Å². The summed E-state index contributed by atoms with van der Waals surface area (Å²) in [6, 6.07) is 7.01. The fraction of sp³-hybridized carbons (Fsp3) is 0.267. The second-order valence-corrected chi connectivity index (χ2v) is 7.05. The number of aromatic nitrogens is 1. The van der Waals surface area contributed by atoms with Gasteiger partial charge in [0, 0.05) is 31.9 Å². The molecule has 0 fully saturated rings. The Balaban J connectivity index is 2.34. The van der Waals surface area contributed by atoms with Crippen LogP contribution in [0.25, 0.3) is 0 Å². The highest BCUT2D eigenvalue weighted by Gasteiger charge is 2.25. The smallest absolute Gasteiger partial charge is 0.352 e. The molecule has 1 aromatic heterocycles. The van der Waals surface area contributed by atoms with Gasteiger partial charge in [-0.3, -0.25) is 0 Å². The molecule has 6 nitrogen and oxygen atoms in total. The summed E-state index contributed by atoms with van der Waals surface area (Å²) in [6.45, 7) is 1.90. The van der Waals surface area contributed by atoms with E-state index in [2.05, 4.69) is 0 Å². The largest absolute Gasteiger partial charge is 0.477 e. The van der Waals surface area contributed by atoms with Gasteiger partial charge in [-0.05, 0) is 19.1 Å².